The van der Waals surface area contributed by atoms with Crippen LogP contribution in [0.4, 0.5) is 5.69 Å². The van der Waals surface area contributed by atoms with E-state index in [4.69, 9.17) is 9.47 Å². The number of methoxy groups -OCH3 is 1. The van der Waals surface area contributed by atoms with Crippen molar-refractivity contribution in [2.75, 3.05) is 12.4 Å². The van der Waals surface area contributed by atoms with Gasteiger partial charge in [0.25, 0.3) is 0 Å². The van der Waals surface area contributed by atoms with Crippen LogP contribution in [-0.4, -0.2) is 59.6 Å². The smallest absolute Gasteiger partial charge is 0.246 e. The molecular formula is C31H41N3O5. The van der Waals surface area contributed by atoms with Crippen LogP contribution in [0.25, 0.3) is 0 Å². The molecule has 2 saturated carbocycles. The molecule has 0 radical (unpaired) electrons. The Morgan fingerprint density at radius 2 is 1.74 bits per heavy atom. The summed E-state index contributed by atoms with van der Waals surface area (Å²) in [4.78, 5) is 44.0. The number of nitrogens with one attached hydrogen (secondary N) is 2. The Kier molecular flexibility index (Phi) is 6.94. The van der Waals surface area contributed by atoms with Gasteiger partial charge in [0.05, 0.1) is 25.0 Å². The Morgan fingerprint density at radius 1 is 1.00 bits per heavy atom. The summed E-state index contributed by atoms with van der Waals surface area (Å²) in [6.45, 7) is 4.47. The van der Waals surface area contributed by atoms with Crippen molar-refractivity contribution in [1.29, 1.82) is 0 Å². The molecule has 0 unspecified atom stereocenters. The number of hydrogen-bond donors (Lipinski definition) is 2. The second-order valence-corrected chi connectivity index (χ2v) is 12.3. The first kappa shape index (κ1) is 26.4. The summed E-state index contributed by atoms with van der Waals surface area (Å²) in [5, 5.41) is 6.34. The molecule has 1 aromatic carbocycles. The average molecular weight is 536 g/mol. The average Bonchev–Trinajstić information content (AvgIpc) is 3.59. The highest BCUT2D eigenvalue weighted by atomic mass is 16.5. The minimum atomic E-state index is -1.12. The Morgan fingerprint density at radius 3 is 2.46 bits per heavy atom. The molecule has 2 N–H and O–H groups in total. The van der Waals surface area contributed by atoms with Crippen LogP contribution >= 0.6 is 0 Å². The lowest BCUT2D eigenvalue weighted by Crippen LogP contribution is -2.59. The quantitative estimate of drug-likeness (QED) is 0.536. The number of carbonyl (C=O) groups is 3. The largest absolute Gasteiger partial charge is 0.497 e. The molecule has 8 nitrogen and oxygen atoms in total. The number of ether oxygens (including phenoxy) is 2. The molecular weight excluding hydrogens is 494 g/mol. The van der Waals surface area contributed by atoms with Crippen molar-refractivity contribution < 1.29 is 23.9 Å². The Bertz CT molecular complexity index is 1150. The number of fused-ring (bicyclic) bond motifs is 1. The van der Waals surface area contributed by atoms with Crippen LogP contribution < -0.4 is 15.4 Å². The van der Waals surface area contributed by atoms with Crippen LogP contribution in [0.2, 0.25) is 0 Å². The predicted octanol–water partition coefficient (Wildman–Crippen LogP) is 4.06. The molecule has 8 atom stereocenters. The van der Waals surface area contributed by atoms with Crippen LogP contribution in [0.3, 0.4) is 0 Å². The highest BCUT2D eigenvalue weighted by molar-refractivity contribution is 6.03. The number of benzene rings is 1. The maximum atomic E-state index is 14.3. The predicted molar refractivity (Wildman–Crippen MR) is 147 cm³/mol. The van der Waals surface area contributed by atoms with Crippen LogP contribution in [0.5, 0.6) is 5.75 Å². The Hall–Kier alpha value is -2.87. The number of carbonyl (C=O) groups excluding carboxylic acids is 3. The van der Waals surface area contributed by atoms with E-state index >= 15 is 0 Å². The van der Waals surface area contributed by atoms with Crippen LogP contribution in [0, 0.1) is 23.7 Å². The molecule has 6 rings (SSSR count). The summed E-state index contributed by atoms with van der Waals surface area (Å²) in [7, 11) is 1.60. The number of anilines is 1. The van der Waals surface area contributed by atoms with Gasteiger partial charge in [-0.15, -0.1) is 0 Å². The van der Waals surface area contributed by atoms with E-state index < -0.39 is 29.6 Å². The molecule has 3 aliphatic heterocycles. The third kappa shape index (κ3) is 4.35. The summed E-state index contributed by atoms with van der Waals surface area (Å²) in [6.07, 6.45) is 11.5. The minimum Gasteiger partial charge on any atom is -0.497 e. The highest BCUT2D eigenvalue weighted by Gasteiger charge is 2.73. The molecule has 2 saturated heterocycles. The van der Waals surface area contributed by atoms with Crippen molar-refractivity contribution in [1.82, 2.24) is 10.2 Å². The number of hydrogen-bond acceptors (Lipinski definition) is 5. The molecule has 1 aromatic rings. The monoisotopic (exact) mass is 535 g/mol. The van der Waals surface area contributed by atoms with E-state index in [1.807, 2.05) is 17.1 Å². The van der Waals surface area contributed by atoms with E-state index in [0.717, 1.165) is 44.9 Å². The maximum Gasteiger partial charge on any atom is 0.246 e. The molecule has 2 aliphatic carbocycles. The van der Waals surface area contributed by atoms with E-state index in [0.29, 0.717) is 23.3 Å². The normalized spacial score (nSPS) is 37.6. The van der Waals surface area contributed by atoms with Gasteiger partial charge in [-0.3, -0.25) is 14.4 Å². The highest BCUT2D eigenvalue weighted by Crippen LogP contribution is 2.56. The van der Waals surface area contributed by atoms with Crippen LogP contribution in [0.1, 0.15) is 65.2 Å². The number of nitrogens with zero attached hydrogens (tertiary/aromatic N) is 1. The molecule has 1 spiro atoms. The van der Waals surface area contributed by atoms with Crippen molar-refractivity contribution in [3.8, 4) is 5.75 Å². The van der Waals surface area contributed by atoms with Crippen molar-refractivity contribution in [2.24, 2.45) is 23.7 Å². The molecule has 8 heteroatoms. The summed E-state index contributed by atoms with van der Waals surface area (Å²) < 4.78 is 11.8. The summed E-state index contributed by atoms with van der Waals surface area (Å²) in [5.41, 5.74) is -0.486. The van der Waals surface area contributed by atoms with Gasteiger partial charge in [-0.1, -0.05) is 58.1 Å². The first-order chi connectivity index (χ1) is 18.8. The number of likely N-dealkylation sites (tertiary alicyclic amines) is 1. The van der Waals surface area contributed by atoms with E-state index in [9.17, 15) is 14.4 Å². The molecule has 5 aliphatic rings. The van der Waals surface area contributed by atoms with Gasteiger partial charge in [-0.05, 0) is 55.4 Å². The van der Waals surface area contributed by atoms with Gasteiger partial charge in [0.15, 0.2) is 0 Å². The van der Waals surface area contributed by atoms with Gasteiger partial charge in [-0.2, -0.15) is 0 Å². The zero-order chi connectivity index (χ0) is 27.3. The molecule has 0 aromatic heterocycles. The third-order valence-electron chi connectivity index (χ3n) is 10.2. The first-order valence-electron chi connectivity index (χ1n) is 14.8. The topological polar surface area (TPSA) is 97.0 Å². The zero-order valence-electron chi connectivity index (χ0n) is 23.2. The first-order valence-corrected chi connectivity index (χ1v) is 14.8. The van der Waals surface area contributed by atoms with E-state index in [1.54, 1.807) is 31.4 Å². The van der Waals surface area contributed by atoms with Gasteiger partial charge >= 0.3 is 0 Å². The van der Waals surface area contributed by atoms with Gasteiger partial charge in [0.1, 0.15) is 17.4 Å². The van der Waals surface area contributed by atoms with Crippen molar-refractivity contribution >= 4 is 23.4 Å². The SMILES string of the molecule is COc1ccc(NC(=O)[C@H]2[C@H]3C=C[C@@]4(O3)[C@H]2C(=O)N(C2CCCCC2)[C@@H]4C(=O)N[C@@H]2CCC[C@@H](C)[C@H]2C)cc1. The Labute approximate surface area is 230 Å². The van der Waals surface area contributed by atoms with E-state index in [1.165, 1.54) is 6.42 Å². The summed E-state index contributed by atoms with van der Waals surface area (Å²) in [6, 6.07) is 6.44. The van der Waals surface area contributed by atoms with E-state index in [-0.39, 0.29) is 29.8 Å². The lowest BCUT2D eigenvalue weighted by molar-refractivity contribution is -0.145. The van der Waals surface area contributed by atoms with Gasteiger partial charge in [-0.25, -0.2) is 0 Å². The van der Waals surface area contributed by atoms with Gasteiger partial charge < -0.3 is 25.0 Å². The molecule has 2 bridgehead atoms. The molecule has 4 fully saturated rings. The second-order valence-electron chi connectivity index (χ2n) is 12.3. The fourth-order valence-electron chi connectivity index (χ4n) is 7.91. The second kappa shape index (κ2) is 10.3. The number of amides is 3. The minimum absolute atomic E-state index is 0.00831. The lowest BCUT2D eigenvalue weighted by Gasteiger charge is -2.40. The lowest BCUT2D eigenvalue weighted by atomic mass is 9.73. The maximum absolute atomic E-state index is 14.3. The van der Waals surface area contributed by atoms with Crippen LogP contribution in [-0.2, 0) is 19.1 Å². The van der Waals surface area contributed by atoms with Gasteiger partial charge in [0.2, 0.25) is 17.7 Å². The van der Waals surface area contributed by atoms with Crippen molar-refractivity contribution in [2.45, 2.75) is 95.0 Å². The van der Waals surface area contributed by atoms with Crippen molar-refractivity contribution in [3.63, 3.8) is 0 Å². The fraction of sp³-hybridized carbons (Fsp3) is 0.645. The Balaban J connectivity index is 1.30. The molecule has 3 heterocycles. The number of rotatable bonds is 6. The van der Waals surface area contributed by atoms with Crippen molar-refractivity contribution in [3.05, 3.63) is 36.4 Å². The molecule has 210 valence electrons. The summed E-state index contributed by atoms with van der Waals surface area (Å²) in [5.74, 6) is -0.308. The summed E-state index contributed by atoms with van der Waals surface area (Å²) >= 11 is 0. The van der Waals surface area contributed by atoms with Gasteiger partial charge in [0, 0.05) is 17.8 Å². The molecule has 3 amide bonds. The fourth-order valence-corrected chi connectivity index (χ4v) is 7.91. The third-order valence-corrected chi connectivity index (χ3v) is 10.2. The zero-order valence-corrected chi connectivity index (χ0v) is 23.2. The standard InChI is InChI=1S/C31H41N3O5/c1-18-8-7-11-23(19(18)2)33-29(36)27-31-17-16-24(39-31)25(28(35)32-20-12-14-22(38-3)15-13-20)26(31)30(37)34(27)21-9-5-4-6-10-21/h12-19,21,23-27H,4-11H2,1-3H3,(H,32,35)(H,33,36)/t18-,19-,23-,24-,25+,26-,27-,31-/m1/s1. The molecule has 39 heavy (non-hydrogen) atoms. The van der Waals surface area contributed by atoms with Crippen LogP contribution in [0.15, 0.2) is 36.4 Å². The van der Waals surface area contributed by atoms with E-state index in [2.05, 4.69) is 24.5 Å².